The topological polar surface area (TPSA) is 17.8 Å². The summed E-state index contributed by atoms with van der Waals surface area (Å²) in [5, 5.41) is 0.854. The fourth-order valence-electron chi connectivity index (χ4n) is 0.809. The fourth-order valence-corrected chi connectivity index (χ4v) is 1.63. The first-order chi connectivity index (χ1) is 6.20. The van der Waals surface area contributed by atoms with Crippen LogP contribution in [-0.4, -0.2) is 15.3 Å². The van der Waals surface area contributed by atoms with Crippen LogP contribution in [-0.2, 0) is 7.05 Å². The van der Waals surface area contributed by atoms with Gasteiger partial charge in [-0.25, -0.2) is 4.98 Å². The molecule has 0 aliphatic rings. The summed E-state index contributed by atoms with van der Waals surface area (Å²) in [6.07, 6.45) is 3.21. The third-order valence-corrected chi connectivity index (χ3v) is 2.52. The highest BCUT2D eigenvalue weighted by atomic mass is 32.2. The maximum Gasteiger partial charge on any atom is 0.266 e. The lowest BCUT2D eigenvalue weighted by atomic mass is 10.5. The van der Waals surface area contributed by atoms with Gasteiger partial charge in [0.05, 0.1) is 0 Å². The quantitative estimate of drug-likeness (QED) is 0.554. The SMILES string of the molecule is Cn1ccnc1SCCC=C(F)F. The van der Waals surface area contributed by atoms with Gasteiger partial charge in [0.1, 0.15) is 0 Å². The minimum atomic E-state index is -1.61. The lowest BCUT2D eigenvalue weighted by Gasteiger charge is -1.98. The molecule has 0 spiro atoms. The number of imidazole rings is 1. The zero-order valence-electron chi connectivity index (χ0n) is 7.20. The molecule has 0 aromatic carbocycles. The monoisotopic (exact) mass is 204 g/mol. The molecule has 1 heterocycles. The minimum Gasteiger partial charge on any atom is -0.329 e. The van der Waals surface area contributed by atoms with Crippen LogP contribution in [0.5, 0.6) is 0 Å². The normalized spacial score (nSPS) is 10.1. The van der Waals surface area contributed by atoms with E-state index in [1.807, 2.05) is 17.8 Å². The van der Waals surface area contributed by atoms with Gasteiger partial charge in [-0.2, -0.15) is 8.78 Å². The van der Waals surface area contributed by atoms with Gasteiger partial charge in [-0.1, -0.05) is 11.8 Å². The zero-order valence-corrected chi connectivity index (χ0v) is 8.02. The van der Waals surface area contributed by atoms with Crippen molar-refractivity contribution in [2.45, 2.75) is 11.6 Å². The number of allylic oxidation sites excluding steroid dienone is 1. The summed E-state index contributed by atoms with van der Waals surface area (Å²) < 4.78 is 25.1. The van der Waals surface area contributed by atoms with E-state index >= 15 is 0 Å². The second-order valence-electron chi connectivity index (χ2n) is 2.45. The van der Waals surface area contributed by atoms with Crippen molar-refractivity contribution in [2.75, 3.05) is 5.75 Å². The van der Waals surface area contributed by atoms with Crippen LogP contribution < -0.4 is 0 Å². The predicted octanol–water partition coefficient (Wildman–Crippen LogP) is 2.68. The van der Waals surface area contributed by atoms with Gasteiger partial charge in [0.15, 0.2) is 5.16 Å². The van der Waals surface area contributed by atoms with Gasteiger partial charge >= 0.3 is 0 Å². The summed E-state index contributed by atoms with van der Waals surface area (Å²) in [7, 11) is 1.88. The molecule has 1 aromatic heterocycles. The molecule has 0 bridgehead atoms. The van der Waals surface area contributed by atoms with E-state index < -0.39 is 6.08 Å². The molecule has 0 amide bonds. The Morgan fingerprint density at radius 2 is 2.46 bits per heavy atom. The lowest BCUT2D eigenvalue weighted by molar-refractivity contribution is 0.418. The van der Waals surface area contributed by atoms with Gasteiger partial charge in [-0.3, -0.25) is 0 Å². The molecule has 5 heteroatoms. The van der Waals surface area contributed by atoms with Crippen LogP contribution in [0.25, 0.3) is 0 Å². The van der Waals surface area contributed by atoms with Crippen molar-refractivity contribution in [1.82, 2.24) is 9.55 Å². The van der Waals surface area contributed by atoms with Crippen LogP contribution in [0.15, 0.2) is 29.7 Å². The van der Waals surface area contributed by atoms with Crippen molar-refractivity contribution < 1.29 is 8.78 Å². The van der Waals surface area contributed by atoms with Crippen LogP contribution in [0, 0.1) is 0 Å². The third-order valence-electron chi connectivity index (χ3n) is 1.42. The number of thioether (sulfide) groups is 1. The Morgan fingerprint density at radius 1 is 1.69 bits per heavy atom. The molecule has 0 aliphatic heterocycles. The molecule has 0 fully saturated rings. The standard InChI is InChI=1S/C8H10F2N2S/c1-12-5-4-11-8(12)13-6-2-3-7(9)10/h3-5H,2,6H2,1H3. The number of nitrogens with zero attached hydrogens (tertiary/aromatic N) is 2. The number of halogens is 2. The maximum absolute atomic E-state index is 11.6. The molecule has 1 aromatic rings. The number of rotatable bonds is 4. The van der Waals surface area contributed by atoms with Crippen LogP contribution in [0.1, 0.15) is 6.42 Å². The van der Waals surface area contributed by atoms with Crippen molar-refractivity contribution in [2.24, 2.45) is 7.05 Å². The van der Waals surface area contributed by atoms with E-state index in [1.165, 1.54) is 11.8 Å². The summed E-state index contributed by atoms with van der Waals surface area (Å²) >= 11 is 1.47. The highest BCUT2D eigenvalue weighted by Crippen LogP contribution is 2.15. The summed E-state index contributed by atoms with van der Waals surface area (Å²) in [5.41, 5.74) is 0. The van der Waals surface area contributed by atoms with E-state index in [4.69, 9.17) is 0 Å². The molecule has 72 valence electrons. The summed E-state index contributed by atoms with van der Waals surface area (Å²) in [6.45, 7) is 0. The van der Waals surface area contributed by atoms with Crippen LogP contribution >= 0.6 is 11.8 Å². The Bertz CT molecular complexity index is 292. The molecule has 0 N–H and O–H groups in total. The largest absolute Gasteiger partial charge is 0.329 e. The summed E-state index contributed by atoms with van der Waals surface area (Å²) in [4.78, 5) is 4.05. The average Bonchev–Trinajstić information content (AvgIpc) is 2.45. The maximum atomic E-state index is 11.6. The average molecular weight is 204 g/mol. The smallest absolute Gasteiger partial charge is 0.266 e. The summed E-state index contributed by atoms with van der Waals surface area (Å²) in [5.74, 6) is 0.627. The van der Waals surface area contributed by atoms with E-state index in [1.54, 1.807) is 6.20 Å². The molecule has 0 unspecified atom stereocenters. The highest BCUT2D eigenvalue weighted by molar-refractivity contribution is 7.99. The van der Waals surface area contributed by atoms with E-state index in [0.717, 1.165) is 11.2 Å². The van der Waals surface area contributed by atoms with Gasteiger partial charge < -0.3 is 4.57 Å². The zero-order chi connectivity index (χ0) is 9.68. The van der Waals surface area contributed by atoms with Crippen LogP contribution in [0.3, 0.4) is 0 Å². The van der Waals surface area contributed by atoms with Crippen molar-refractivity contribution in [3.8, 4) is 0 Å². The van der Waals surface area contributed by atoms with Crippen LogP contribution in [0.2, 0.25) is 0 Å². The van der Waals surface area contributed by atoms with Gasteiger partial charge in [0, 0.05) is 25.2 Å². The van der Waals surface area contributed by atoms with Crippen molar-refractivity contribution in [1.29, 1.82) is 0 Å². The molecular weight excluding hydrogens is 194 g/mol. The second-order valence-corrected chi connectivity index (χ2v) is 3.51. The molecule has 0 aliphatic carbocycles. The molecule has 0 saturated heterocycles. The van der Waals surface area contributed by atoms with E-state index in [-0.39, 0.29) is 0 Å². The van der Waals surface area contributed by atoms with Crippen molar-refractivity contribution in [3.63, 3.8) is 0 Å². The van der Waals surface area contributed by atoms with E-state index in [0.29, 0.717) is 12.2 Å². The Morgan fingerprint density at radius 3 is 3.00 bits per heavy atom. The first-order valence-corrected chi connectivity index (χ1v) is 4.80. The first-order valence-electron chi connectivity index (χ1n) is 3.81. The molecule has 2 nitrogen and oxygen atoms in total. The molecular formula is C8H10F2N2S. The number of hydrogen-bond acceptors (Lipinski definition) is 2. The Kier molecular flexibility index (Phi) is 3.95. The van der Waals surface area contributed by atoms with Gasteiger partial charge in [0.25, 0.3) is 6.08 Å². The van der Waals surface area contributed by atoms with E-state index in [9.17, 15) is 8.78 Å². The number of hydrogen-bond donors (Lipinski definition) is 0. The number of aromatic nitrogens is 2. The predicted molar refractivity (Wildman–Crippen MR) is 48.8 cm³/mol. The molecule has 0 radical (unpaired) electrons. The molecule has 0 atom stereocenters. The van der Waals surface area contributed by atoms with E-state index in [2.05, 4.69) is 4.98 Å². The second kappa shape index (κ2) is 5.01. The molecule has 0 saturated carbocycles. The molecule has 1 rings (SSSR count). The molecule has 13 heavy (non-hydrogen) atoms. The fraction of sp³-hybridized carbons (Fsp3) is 0.375. The first kappa shape index (κ1) is 10.2. The van der Waals surface area contributed by atoms with Crippen LogP contribution in [0.4, 0.5) is 8.78 Å². The Labute approximate surface area is 79.7 Å². The lowest BCUT2D eigenvalue weighted by Crippen LogP contribution is -1.89. The van der Waals surface area contributed by atoms with Gasteiger partial charge in [-0.05, 0) is 12.5 Å². The van der Waals surface area contributed by atoms with Crippen molar-refractivity contribution in [3.05, 3.63) is 24.6 Å². The minimum absolute atomic E-state index is 0.375. The van der Waals surface area contributed by atoms with Crippen molar-refractivity contribution >= 4 is 11.8 Å². The van der Waals surface area contributed by atoms with Gasteiger partial charge in [0.2, 0.25) is 0 Å². The van der Waals surface area contributed by atoms with Gasteiger partial charge in [-0.15, -0.1) is 0 Å². The third kappa shape index (κ3) is 3.59. The Balaban J connectivity index is 2.28. The highest BCUT2D eigenvalue weighted by Gasteiger charge is 1.98. The number of aryl methyl sites for hydroxylation is 1. The Hall–Kier alpha value is -0.840. The summed E-state index contributed by atoms with van der Waals surface area (Å²) in [6, 6.07) is 0.